The lowest BCUT2D eigenvalue weighted by Crippen LogP contribution is -2.32. The summed E-state index contributed by atoms with van der Waals surface area (Å²) in [6.07, 6.45) is 0. The number of para-hydroxylation sites is 2. The SMILES string of the molecule is CC(=O)Nc1ccccc1OCC(=O)NCCOc1ccc(C(C)(C)C)cc1. The standard InChI is InChI=1S/C22H28N2O4/c1-16(25)24-19-7-5-6-8-20(19)28-15-21(26)23-13-14-27-18-11-9-17(10-12-18)22(2,3)4/h5-12H,13-15H2,1-4H3,(H,23,26)(H,24,25). The monoisotopic (exact) mass is 384 g/mol. The van der Waals surface area contributed by atoms with E-state index >= 15 is 0 Å². The van der Waals surface area contributed by atoms with Crippen LogP contribution in [0.2, 0.25) is 0 Å². The minimum absolute atomic E-state index is 0.102. The maximum Gasteiger partial charge on any atom is 0.258 e. The number of carbonyl (C=O) groups excluding carboxylic acids is 2. The minimum atomic E-state index is -0.260. The Balaban J connectivity index is 1.71. The molecule has 6 nitrogen and oxygen atoms in total. The van der Waals surface area contributed by atoms with Crippen molar-refractivity contribution in [3.05, 3.63) is 54.1 Å². The predicted molar refractivity (Wildman–Crippen MR) is 110 cm³/mol. The molecule has 2 aromatic rings. The molecule has 0 saturated carbocycles. The van der Waals surface area contributed by atoms with E-state index in [0.717, 1.165) is 5.75 Å². The van der Waals surface area contributed by atoms with Gasteiger partial charge in [0.2, 0.25) is 5.91 Å². The molecule has 0 bridgehead atoms. The van der Waals surface area contributed by atoms with Gasteiger partial charge in [-0.2, -0.15) is 0 Å². The van der Waals surface area contributed by atoms with Gasteiger partial charge in [0.05, 0.1) is 12.2 Å². The quantitative estimate of drug-likeness (QED) is 0.683. The second-order valence-electron chi connectivity index (χ2n) is 7.44. The Labute approximate surface area is 166 Å². The summed E-state index contributed by atoms with van der Waals surface area (Å²) in [4.78, 5) is 23.1. The van der Waals surface area contributed by atoms with E-state index in [1.54, 1.807) is 24.3 Å². The van der Waals surface area contributed by atoms with Crippen LogP contribution in [0, 0.1) is 0 Å². The Kier molecular flexibility index (Phi) is 7.44. The third-order valence-electron chi connectivity index (χ3n) is 3.97. The Morgan fingerprint density at radius 3 is 2.29 bits per heavy atom. The summed E-state index contributed by atoms with van der Waals surface area (Å²) in [5.74, 6) is 0.753. The predicted octanol–water partition coefficient (Wildman–Crippen LogP) is 3.52. The van der Waals surface area contributed by atoms with Crippen molar-refractivity contribution in [3.8, 4) is 11.5 Å². The maximum atomic E-state index is 11.9. The fourth-order valence-corrected chi connectivity index (χ4v) is 2.49. The smallest absolute Gasteiger partial charge is 0.258 e. The number of anilines is 1. The molecule has 2 N–H and O–H groups in total. The number of amides is 2. The third-order valence-corrected chi connectivity index (χ3v) is 3.97. The molecule has 0 spiro atoms. The van der Waals surface area contributed by atoms with Gasteiger partial charge in [0.15, 0.2) is 6.61 Å². The molecular weight excluding hydrogens is 356 g/mol. The highest BCUT2D eigenvalue weighted by Crippen LogP contribution is 2.24. The van der Waals surface area contributed by atoms with Crippen molar-refractivity contribution in [1.29, 1.82) is 0 Å². The van der Waals surface area contributed by atoms with Gasteiger partial charge in [0, 0.05) is 6.92 Å². The minimum Gasteiger partial charge on any atom is -0.492 e. The van der Waals surface area contributed by atoms with Crippen LogP contribution in [0.1, 0.15) is 33.3 Å². The molecule has 0 radical (unpaired) electrons. The van der Waals surface area contributed by atoms with Crippen LogP contribution in [0.4, 0.5) is 5.69 Å². The highest BCUT2D eigenvalue weighted by molar-refractivity contribution is 5.90. The first-order chi connectivity index (χ1) is 13.3. The van der Waals surface area contributed by atoms with Crippen molar-refractivity contribution in [1.82, 2.24) is 5.32 Å². The molecule has 0 heterocycles. The van der Waals surface area contributed by atoms with Crippen LogP contribution < -0.4 is 20.1 Å². The van der Waals surface area contributed by atoms with Crippen LogP contribution in [0.25, 0.3) is 0 Å². The first kappa shape index (κ1) is 21.3. The summed E-state index contributed by atoms with van der Waals surface area (Å²) < 4.78 is 11.1. The van der Waals surface area contributed by atoms with E-state index in [0.29, 0.717) is 24.6 Å². The molecule has 2 aromatic carbocycles. The van der Waals surface area contributed by atoms with Gasteiger partial charge in [0.25, 0.3) is 5.91 Å². The van der Waals surface area contributed by atoms with E-state index < -0.39 is 0 Å². The second-order valence-corrected chi connectivity index (χ2v) is 7.44. The van der Waals surface area contributed by atoms with Crippen LogP contribution in [0.3, 0.4) is 0 Å². The van der Waals surface area contributed by atoms with Gasteiger partial charge >= 0.3 is 0 Å². The molecule has 0 saturated heterocycles. The number of ether oxygens (including phenoxy) is 2. The van der Waals surface area contributed by atoms with Crippen LogP contribution in [-0.2, 0) is 15.0 Å². The van der Waals surface area contributed by atoms with E-state index in [1.165, 1.54) is 12.5 Å². The van der Waals surface area contributed by atoms with Gasteiger partial charge < -0.3 is 20.1 Å². The molecule has 0 aromatic heterocycles. The average molecular weight is 384 g/mol. The highest BCUT2D eigenvalue weighted by atomic mass is 16.5. The van der Waals surface area contributed by atoms with Crippen LogP contribution in [0.5, 0.6) is 11.5 Å². The summed E-state index contributed by atoms with van der Waals surface area (Å²) in [6.45, 7) is 8.50. The molecule has 2 amide bonds. The topological polar surface area (TPSA) is 76.7 Å². The van der Waals surface area contributed by atoms with Gasteiger partial charge in [-0.15, -0.1) is 0 Å². The lowest BCUT2D eigenvalue weighted by atomic mass is 9.87. The molecule has 150 valence electrons. The average Bonchev–Trinajstić information content (AvgIpc) is 2.64. The van der Waals surface area contributed by atoms with Gasteiger partial charge in [0.1, 0.15) is 18.1 Å². The molecule has 0 atom stereocenters. The number of benzene rings is 2. The Hall–Kier alpha value is -3.02. The van der Waals surface area contributed by atoms with Crippen molar-refractivity contribution in [2.45, 2.75) is 33.1 Å². The van der Waals surface area contributed by atoms with E-state index in [1.807, 2.05) is 24.3 Å². The van der Waals surface area contributed by atoms with E-state index in [-0.39, 0.29) is 23.8 Å². The number of nitrogens with one attached hydrogen (secondary N) is 2. The molecule has 0 fully saturated rings. The summed E-state index contributed by atoms with van der Waals surface area (Å²) >= 11 is 0. The summed E-state index contributed by atoms with van der Waals surface area (Å²) in [5, 5.41) is 5.41. The first-order valence-electron chi connectivity index (χ1n) is 9.25. The van der Waals surface area contributed by atoms with Gasteiger partial charge in [-0.05, 0) is 35.2 Å². The Morgan fingerprint density at radius 2 is 1.64 bits per heavy atom. The molecule has 0 aliphatic carbocycles. The molecule has 28 heavy (non-hydrogen) atoms. The van der Waals surface area contributed by atoms with Crippen molar-refractivity contribution in [3.63, 3.8) is 0 Å². The highest BCUT2D eigenvalue weighted by Gasteiger charge is 2.13. The van der Waals surface area contributed by atoms with Crippen LogP contribution >= 0.6 is 0 Å². The van der Waals surface area contributed by atoms with Crippen molar-refractivity contribution >= 4 is 17.5 Å². The Bertz CT molecular complexity index is 795. The van der Waals surface area contributed by atoms with Gasteiger partial charge in [-0.3, -0.25) is 9.59 Å². The molecule has 0 unspecified atom stereocenters. The lowest BCUT2D eigenvalue weighted by Gasteiger charge is -2.19. The van der Waals surface area contributed by atoms with Crippen molar-refractivity contribution in [2.24, 2.45) is 0 Å². The number of hydrogen-bond acceptors (Lipinski definition) is 4. The van der Waals surface area contributed by atoms with Crippen molar-refractivity contribution in [2.75, 3.05) is 25.1 Å². The fourth-order valence-electron chi connectivity index (χ4n) is 2.49. The van der Waals surface area contributed by atoms with Crippen LogP contribution in [0.15, 0.2) is 48.5 Å². The molecule has 0 aliphatic heterocycles. The van der Waals surface area contributed by atoms with E-state index in [9.17, 15) is 9.59 Å². The zero-order chi connectivity index (χ0) is 20.6. The van der Waals surface area contributed by atoms with E-state index in [2.05, 4.69) is 31.4 Å². The summed E-state index contributed by atoms with van der Waals surface area (Å²) in [7, 11) is 0. The van der Waals surface area contributed by atoms with Gasteiger partial charge in [-0.25, -0.2) is 0 Å². The second kappa shape index (κ2) is 9.78. The summed E-state index contributed by atoms with van der Waals surface area (Å²) in [6, 6.07) is 14.9. The van der Waals surface area contributed by atoms with E-state index in [4.69, 9.17) is 9.47 Å². The molecule has 2 rings (SSSR count). The molecule has 6 heteroatoms. The number of carbonyl (C=O) groups is 2. The zero-order valence-electron chi connectivity index (χ0n) is 16.9. The number of hydrogen-bond donors (Lipinski definition) is 2. The maximum absolute atomic E-state index is 11.9. The third kappa shape index (κ3) is 6.95. The summed E-state index contributed by atoms with van der Waals surface area (Å²) in [5.41, 5.74) is 1.88. The Morgan fingerprint density at radius 1 is 0.964 bits per heavy atom. The normalized spacial score (nSPS) is 10.9. The van der Waals surface area contributed by atoms with Crippen molar-refractivity contribution < 1.29 is 19.1 Å². The zero-order valence-corrected chi connectivity index (χ0v) is 16.9. The fraction of sp³-hybridized carbons (Fsp3) is 0.364. The molecular formula is C22H28N2O4. The largest absolute Gasteiger partial charge is 0.492 e. The van der Waals surface area contributed by atoms with Gasteiger partial charge in [-0.1, -0.05) is 45.0 Å². The molecule has 0 aliphatic rings. The first-order valence-corrected chi connectivity index (χ1v) is 9.25. The lowest BCUT2D eigenvalue weighted by molar-refractivity contribution is -0.123. The number of rotatable bonds is 8. The van der Waals surface area contributed by atoms with Crippen LogP contribution in [-0.4, -0.2) is 31.6 Å².